The Labute approximate surface area is 215 Å². The van der Waals surface area contributed by atoms with E-state index in [4.69, 9.17) is 9.47 Å². The number of alkyl halides is 3. The van der Waals surface area contributed by atoms with Crippen LogP contribution in [0, 0.1) is 6.92 Å². The number of halogens is 3. The standard InChI is InChI=1S/C25H20F3N3O4S2/c1-15-2-3-16(14-30-15)20-12-17(25(26,27)28)4-7-21(20)35-22-8-10-34-23-13-18(5-6-19(22)23)37(32,33)31-24-29-9-11-36-24/h2-7,9,11-14,22H,8,10H2,1H3,(H,29,31)/t22-/m1/s1. The van der Waals surface area contributed by atoms with E-state index < -0.39 is 27.9 Å². The molecule has 12 heteroatoms. The molecule has 7 nitrogen and oxygen atoms in total. The number of pyridine rings is 1. The SMILES string of the molecule is Cc1ccc(-c2cc(C(F)(F)F)ccc2O[C@@H]2CCOc3cc(S(=O)(=O)Nc4nccs4)ccc32)cn1. The van der Waals surface area contributed by atoms with Crippen LogP contribution >= 0.6 is 11.3 Å². The Morgan fingerprint density at radius 2 is 1.95 bits per heavy atom. The first-order chi connectivity index (χ1) is 17.6. The van der Waals surface area contributed by atoms with E-state index in [0.717, 1.165) is 29.2 Å². The molecule has 0 amide bonds. The summed E-state index contributed by atoms with van der Waals surface area (Å²) in [5.41, 5.74) is 1.25. The monoisotopic (exact) mass is 547 g/mol. The molecule has 1 aliphatic heterocycles. The van der Waals surface area contributed by atoms with E-state index in [0.29, 0.717) is 23.3 Å². The number of sulfonamides is 1. The molecule has 192 valence electrons. The summed E-state index contributed by atoms with van der Waals surface area (Å²) in [5.74, 6) is 0.572. The largest absolute Gasteiger partial charge is 0.493 e. The molecule has 0 aliphatic carbocycles. The number of anilines is 1. The zero-order valence-corrected chi connectivity index (χ0v) is 21.0. The molecule has 1 N–H and O–H groups in total. The van der Waals surface area contributed by atoms with Gasteiger partial charge in [-0.3, -0.25) is 9.71 Å². The average Bonchev–Trinajstić information content (AvgIpc) is 3.36. The van der Waals surface area contributed by atoms with Crippen LogP contribution in [0.2, 0.25) is 0 Å². The highest BCUT2D eigenvalue weighted by atomic mass is 32.2. The molecule has 0 saturated carbocycles. The second-order valence-corrected chi connectivity index (χ2v) is 10.9. The number of aryl methyl sites for hydroxylation is 1. The third-order valence-electron chi connectivity index (χ3n) is 5.73. The molecular weight excluding hydrogens is 527 g/mol. The predicted molar refractivity (Wildman–Crippen MR) is 132 cm³/mol. The number of hydrogen-bond donors (Lipinski definition) is 1. The molecule has 0 unspecified atom stereocenters. The number of hydrogen-bond acceptors (Lipinski definition) is 7. The molecule has 5 rings (SSSR count). The van der Waals surface area contributed by atoms with Crippen LogP contribution in [-0.4, -0.2) is 25.0 Å². The number of rotatable bonds is 6. The Morgan fingerprint density at radius 3 is 2.65 bits per heavy atom. The normalized spacial score (nSPS) is 15.5. The van der Waals surface area contributed by atoms with Gasteiger partial charge in [-0.05, 0) is 37.3 Å². The molecule has 3 heterocycles. The van der Waals surface area contributed by atoms with Gasteiger partial charge >= 0.3 is 6.18 Å². The second kappa shape index (κ2) is 9.67. The highest BCUT2D eigenvalue weighted by Crippen LogP contribution is 2.42. The first-order valence-electron chi connectivity index (χ1n) is 11.1. The molecule has 2 aromatic heterocycles. The second-order valence-electron chi connectivity index (χ2n) is 8.28. The van der Waals surface area contributed by atoms with Crippen molar-refractivity contribution in [2.24, 2.45) is 0 Å². The van der Waals surface area contributed by atoms with Crippen molar-refractivity contribution in [2.45, 2.75) is 30.5 Å². The number of ether oxygens (including phenoxy) is 2. The van der Waals surface area contributed by atoms with Crippen molar-refractivity contribution in [3.05, 3.63) is 83.1 Å². The van der Waals surface area contributed by atoms with Crippen LogP contribution in [0.4, 0.5) is 18.3 Å². The van der Waals surface area contributed by atoms with Gasteiger partial charge in [-0.15, -0.1) is 11.3 Å². The van der Waals surface area contributed by atoms with Gasteiger partial charge in [0.05, 0.1) is 17.1 Å². The lowest BCUT2D eigenvalue weighted by molar-refractivity contribution is -0.137. The topological polar surface area (TPSA) is 90.4 Å². The number of nitrogens with one attached hydrogen (secondary N) is 1. The summed E-state index contributed by atoms with van der Waals surface area (Å²) >= 11 is 1.15. The number of thiazole rings is 1. The van der Waals surface area contributed by atoms with Crippen molar-refractivity contribution in [1.29, 1.82) is 0 Å². The fraction of sp³-hybridized carbons (Fsp3) is 0.200. The molecule has 1 atom stereocenters. The van der Waals surface area contributed by atoms with Crippen LogP contribution in [-0.2, 0) is 16.2 Å². The lowest BCUT2D eigenvalue weighted by Gasteiger charge is -2.28. The smallest absolute Gasteiger partial charge is 0.416 e. The highest BCUT2D eigenvalue weighted by molar-refractivity contribution is 7.93. The number of fused-ring (bicyclic) bond motifs is 1. The number of benzene rings is 2. The Balaban J connectivity index is 1.47. The lowest BCUT2D eigenvalue weighted by Crippen LogP contribution is -2.20. The zero-order valence-electron chi connectivity index (χ0n) is 19.3. The van der Waals surface area contributed by atoms with Crippen molar-refractivity contribution in [3.63, 3.8) is 0 Å². The Morgan fingerprint density at radius 1 is 1.11 bits per heavy atom. The first-order valence-corrected chi connectivity index (χ1v) is 13.5. The summed E-state index contributed by atoms with van der Waals surface area (Å²) in [4.78, 5) is 8.13. The van der Waals surface area contributed by atoms with Gasteiger partial charge in [0.15, 0.2) is 5.13 Å². The molecule has 0 bridgehead atoms. The summed E-state index contributed by atoms with van der Waals surface area (Å²) in [6.45, 7) is 2.02. The van der Waals surface area contributed by atoms with E-state index in [9.17, 15) is 21.6 Å². The molecule has 0 saturated heterocycles. The van der Waals surface area contributed by atoms with Gasteiger partial charge in [0.25, 0.3) is 10.0 Å². The molecule has 37 heavy (non-hydrogen) atoms. The van der Waals surface area contributed by atoms with Crippen LogP contribution in [0.25, 0.3) is 11.1 Å². The van der Waals surface area contributed by atoms with Crippen LogP contribution in [0.3, 0.4) is 0 Å². The molecule has 0 spiro atoms. The molecule has 4 aromatic rings. The predicted octanol–water partition coefficient (Wildman–Crippen LogP) is 6.24. The van der Waals surface area contributed by atoms with E-state index in [1.54, 1.807) is 30.5 Å². The van der Waals surface area contributed by atoms with Crippen LogP contribution in [0.1, 0.15) is 29.3 Å². The quantitative estimate of drug-likeness (QED) is 0.308. The van der Waals surface area contributed by atoms with Crippen molar-refractivity contribution < 1.29 is 31.1 Å². The summed E-state index contributed by atoms with van der Waals surface area (Å²) in [7, 11) is -3.89. The highest BCUT2D eigenvalue weighted by Gasteiger charge is 2.32. The van der Waals surface area contributed by atoms with Crippen LogP contribution in [0.15, 0.2) is 71.2 Å². The third-order valence-corrected chi connectivity index (χ3v) is 7.89. The molecule has 0 fully saturated rings. The van der Waals surface area contributed by atoms with Gasteiger partial charge in [0.1, 0.15) is 17.6 Å². The van der Waals surface area contributed by atoms with Crippen molar-refractivity contribution >= 4 is 26.5 Å². The molecule has 2 aromatic carbocycles. The Bertz CT molecular complexity index is 1520. The molecule has 1 aliphatic rings. The Hall–Kier alpha value is -3.64. The van der Waals surface area contributed by atoms with Gasteiger partial charge in [0, 0.05) is 52.6 Å². The zero-order chi connectivity index (χ0) is 26.2. The van der Waals surface area contributed by atoms with Gasteiger partial charge in [-0.1, -0.05) is 12.1 Å². The van der Waals surface area contributed by atoms with Crippen molar-refractivity contribution in [3.8, 4) is 22.6 Å². The van der Waals surface area contributed by atoms with E-state index in [1.165, 1.54) is 30.6 Å². The minimum Gasteiger partial charge on any atom is -0.493 e. The Kier molecular flexibility index (Phi) is 6.54. The van der Waals surface area contributed by atoms with Gasteiger partial charge in [-0.2, -0.15) is 13.2 Å². The minimum atomic E-state index is -4.52. The number of nitrogens with zero attached hydrogens (tertiary/aromatic N) is 2. The third kappa shape index (κ3) is 5.39. The maximum absolute atomic E-state index is 13.5. The maximum atomic E-state index is 13.5. The molecule has 0 radical (unpaired) electrons. The van der Waals surface area contributed by atoms with Gasteiger partial charge in [0.2, 0.25) is 0 Å². The van der Waals surface area contributed by atoms with E-state index in [-0.39, 0.29) is 27.9 Å². The van der Waals surface area contributed by atoms with Gasteiger partial charge < -0.3 is 9.47 Å². The van der Waals surface area contributed by atoms with Crippen LogP contribution < -0.4 is 14.2 Å². The summed E-state index contributed by atoms with van der Waals surface area (Å²) in [6.07, 6.45) is -1.68. The van der Waals surface area contributed by atoms with Crippen LogP contribution in [0.5, 0.6) is 11.5 Å². The van der Waals surface area contributed by atoms with E-state index in [2.05, 4.69) is 14.7 Å². The average molecular weight is 548 g/mol. The minimum absolute atomic E-state index is 0.0111. The lowest BCUT2D eigenvalue weighted by atomic mass is 10.0. The maximum Gasteiger partial charge on any atom is 0.416 e. The fourth-order valence-corrected chi connectivity index (χ4v) is 5.69. The summed E-state index contributed by atoms with van der Waals surface area (Å²) in [6, 6.07) is 11.1. The first kappa shape index (κ1) is 25.0. The van der Waals surface area contributed by atoms with E-state index >= 15 is 0 Å². The van der Waals surface area contributed by atoms with Gasteiger partial charge in [-0.25, -0.2) is 13.4 Å². The van der Waals surface area contributed by atoms with E-state index in [1.807, 2.05) is 0 Å². The molecular formula is C25H20F3N3O4S2. The van der Waals surface area contributed by atoms with Crippen molar-refractivity contribution in [2.75, 3.05) is 11.3 Å². The summed E-state index contributed by atoms with van der Waals surface area (Å²) in [5, 5.41) is 1.89. The fourth-order valence-electron chi connectivity index (χ4n) is 3.89. The van der Waals surface area contributed by atoms with Crippen molar-refractivity contribution in [1.82, 2.24) is 9.97 Å². The summed E-state index contributed by atoms with van der Waals surface area (Å²) < 4.78 is 80.3. The number of aromatic nitrogens is 2.